The summed E-state index contributed by atoms with van der Waals surface area (Å²) in [5.74, 6) is -0.853. The van der Waals surface area contributed by atoms with Gasteiger partial charge in [0.15, 0.2) is 0 Å². The Morgan fingerprint density at radius 2 is 1.63 bits per heavy atom. The Morgan fingerprint density at radius 3 is 2.17 bits per heavy atom. The number of benzene rings is 2. The van der Waals surface area contributed by atoms with Crippen molar-refractivity contribution in [2.75, 3.05) is 18.0 Å². The van der Waals surface area contributed by atoms with E-state index < -0.39 is 23.2 Å². The number of nitrogens with zero attached hydrogens (tertiary/aromatic N) is 2. The van der Waals surface area contributed by atoms with Gasteiger partial charge in [-0.1, -0.05) is 39.3 Å². The third-order valence-electron chi connectivity index (χ3n) is 9.11. The van der Waals surface area contributed by atoms with Crippen LogP contribution < -0.4 is 10.2 Å². The summed E-state index contributed by atoms with van der Waals surface area (Å²) in [5.41, 5.74) is 0.624. The fourth-order valence-electron chi connectivity index (χ4n) is 6.05. The van der Waals surface area contributed by atoms with Gasteiger partial charge in [-0.2, -0.15) is 13.2 Å². The maximum absolute atomic E-state index is 13.9. The maximum Gasteiger partial charge on any atom is 0.416 e. The van der Waals surface area contributed by atoms with Crippen LogP contribution in [0.3, 0.4) is 0 Å². The molecule has 4 rings (SSSR count). The number of rotatable bonds is 9. The van der Waals surface area contributed by atoms with Gasteiger partial charge in [0, 0.05) is 24.3 Å². The highest BCUT2D eigenvalue weighted by Crippen LogP contribution is 2.48. The number of alkyl halides is 3. The van der Waals surface area contributed by atoms with Crippen LogP contribution in [0.5, 0.6) is 0 Å². The van der Waals surface area contributed by atoms with Gasteiger partial charge in [-0.25, -0.2) is 4.79 Å². The summed E-state index contributed by atoms with van der Waals surface area (Å²) in [6.45, 7) is 7.48. The molecule has 1 saturated heterocycles. The van der Waals surface area contributed by atoms with Crippen molar-refractivity contribution in [1.29, 1.82) is 0 Å². The van der Waals surface area contributed by atoms with Crippen molar-refractivity contribution in [3.63, 3.8) is 0 Å². The summed E-state index contributed by atoms with van der Waals surface area (Å²) in [6.07, 6.45) is -0.0511. The third-order valence-corrected chi connectivity index (χ3v) is 9.11. The third kappa shape index (κ3) is 6.68. The second kappa shape index (κ2) is 11.7. The molecule has 1 saturated carbocycles. The summed E-state index contributed by atoms with van der Waals surface area (Å²) < 4.78 is 39.5. The van der Waals surface area contributed by atoms with Crippen molar-refractivity contribution in [2.24, 2.45) is 11.3 Å². The first kappa shape index (κ1) is 30.4. The summed E-state index contributed by atoms with van der Waals surface area (Å²) in [7, 11) is 0. The van der Waals surface area contributed by atoms with Crippen molar-refractivity contribution in [3.8, 4) is 0 Å². The molecule has 2 N–H and O–H groups in total. The van der Waals surface area contributed by atoms with Crippen molar-refractivity contribution < 1.29 is 32.7 Å². The number of aliphatic carboxylic acids is 1. The lowest BCUT2D eigenvalue weighted by Gasteiger charge is -2.46. The molecule has 7 nitrogen and oxygen atoms in total. The number of amides is 3. The van der Waals surface area contributed by atoms with E-state index in [0.29, 0.717) is 30.3 Å². The van der Waals surface area contributed by atoms with Crippen molar-refractivity contribution >= 4 is 23.6 Å². The molecule has 0 radical (unpaired) electrons. The number of nitrogens with one attached hydrogen (secondary N) is 1. The van der Waals surface area contributed by atoms with E-state index in [1.54, 1.807) is 29.2 Å². The lowest BCUT2D eigenvalue weighted by atomic mass is 9.65. The predicted molar refractivity (Wildman–Crippen MR) is 150 cm³/mol. The number of urea groups is 1. The number of halogens is 3. The highest BCUT2D eigenvalue weighted by Gasteiger charge is 2.52. The molecule has 1 spiro atoms. The first-order valence-electron chi connectivity index (χ1n) is 14.1. The summed E-state index contributed by atoms with van der Waals surface area (Å²) in [5, 5.41) is 11.3. The first-order chi connectivity index (χ1) is 19.3. The number of carbonyl (C=O) groups excluding carboxylic acids is 2. The van der Waals surface area contributed by atoms with E-state index in [1.807, 2.05) is 4.90 Å². The van der Waals surface area contributed by atoms with Crippen molar-refractivity contribution in [2.45, 2.75) is 77.6 Å². The molecule has 0 unspecified atom stereocenters. The zero-order chi connectivity index (χ0) is 30.0. The second-order valence-corrected chi connectivity index (χ2v) is 11.9. The Bertz CT molecular complexity index is 1250. The molecule has 1 aliphatic heterocycles. The van der Waals surface area contributed by atoms with Gasteiger partial charge in [-0.3, -0.25) is 14.5 Å². The van der Waals surface area contributed by atoms with Crippen LogP contribution >= 0.6 is 0 Å². The highest BCUT2D eigenvalue weighted by molar-refractivity contribution is 5.96. The Kier molecular flexibility index (Phi) is 8.70. The largest absolute Gasteiger partial charge is 0.481 e. The smallest absolute Gasteiger partial charge is 0.416 e. The molecule has 2 aromatic carbocycles. The van der Waals surface area contributed by atoms with E-state index in [9.17, 15) is 27.6 Å². The Labute approximate surface area is 238 Å². The average molecular weight is 574 g/mol. The number of anilines is 1. The number of hydrogen-bond acceptors (Lipinski definition) is 3. The molecule has 41 heavy (non-hydrogen) atoms. The lowest BCUT2D eigenvalue weighted by molar-refractivity contribution is -0.138. The summed E-state index contributed by atoms with van der Waals surface area (Å²) >= 11 is 0. The molecular formula is C31H38F3N3O4. The minimum atomic E-state index is -4.45. The normalized spacial score (nSPS) is 21.4. The quantitative estimate of drug-likeness (QED) is 0.349. The molecule has 1 heterocycles. The SMILES string of the molecule is CCC(C)(C)C1CCC2(CC1)CN(c1ccc(C(F)(F)F)cc1)C(=O)N2Cc1ccc(C(=O)NCCC(=O)O)cc1. The highest BCUT2D eigenvalue weighted by atomic mass is 19.4. The van der Waals surface area contributed by atoms with Crippen molar-refractivity contribution in [3.05, 3.63) is 65.2 Å². The topological polar surface area (TPSA) is 90.0 Å². The average Bonchev–Trinajstić information content (AvgIpc) is 3.19. The number of carboxylic acid groups (broad SMARTS) is 1. The van der Waals surface area contributed by atoms with Crippen LogP contribution in [-0.4, -0.2) is 46.5 Å². The molecule has 2 aromatic rings. The molecule has 3 amide bonds. The molecule has 1 aliphatic carbocycles. The zero-order valence-corrected chi connectivity index (χ0v) is 23.8. The van der Waals surface area contributed by atoms with E-state index in [1.165, 1.54) is 12.1 Å². The van der Waals surface area contributed by atoms with Crippen LogP contribution in [0.25, 0.3) is 0 Å². The second-order valence-electron chi connectivity index (χ2n) is 11.9. The van der Waals surface area contributed by atoms with Crippen molar-refractivity contribution in [1.82, 2.24) is 10.2 Å². The molecule has 0 aromatic heterocycles. The van der Waals surface area contributed by atoms with Crippen LogP contribution in [-0.2, 0) is 17.5 Å². The van der Waals surface area contributed by atoms with Gasteiger partial charge in [0.05, 0.1) is 24.1 Å². The summed E-state index contributed by atoms with van der Waals surface area (Å²) in [6, 6.07) is 11.4. The minimum absolute atomic E-state index is 0.0241. The van der Waals surface area contributed by atoms with E-state index in [4.69, 9.17) is 5.11 Å². The van der Waals surface area contributed by atoms with Gasteiger partial charge >= 0.3 is 18.2 Å². The van der Waals surface area contributed by atoms with E-state index in [0.717, 1.165) is 49.8 Å². The van der Waals surface area contributed by atoms with E-state index in [2.05, 4.69) is 26.1 Å². The van der Waals surface area contributed by atoms with Crippen LogP contribution in [0.1, 0.15) is 80.8 Å². The Balaban J connectivity index is 1.56. The summed E-state index contributed by atoms with van der Waals surface area (Å²) in [4.78, 5) is 40.4. The monoisotopic (exact) mass is 573 g/mol. The molecule has 10 heteroatoms. The van der Waals surface area contributed by atoms with Crippen LogP contribution in [0.15, 0.2) is 48.5 Å². The predicted octanol–water partition coefficient (Wildman–Crippen LogP) is 6.72. The number of carbonyl (C=O) groups is 3. The lowest BCUT2D eigenvalue weighted by Crippen LogP contribution is -2.50. The standard InChI is InChI=1S/C31H38F3N3O4/c1-4-29(2,3)23-13-16-30(17-14-23)20-36(25-11-9-24(10-12-25)31(32,33)34)28(41)37(30)19-21-5-7-22(8-6-21)27(40)35-18-15-26(38)39/h5-12,23H,4,13-20H2,1-3H3,(H,35,40)(H,38,39). The number of carboxylic acids is 1. The van der Waals surface area contributed by atoms with Crippen LogP contribution in [0, 0.1) is 11.3 Å². The first-order valence-corrected chi connectivity index (χ1v) is 14.1. The fourth-order valence-corrected chi connectivity index (χ4v) is 6.05. The van der Waals surface area contributed by atoms with E-state index >= 15 is 0 Å². The Hall–Kier alpha value is -3.56. The Morgan fingerprint density at radius 1 is 1.02 bits per heavy atom. The molecular weight excluding hydrogens is 535 g/mol. The van der Waals surface area contributed by atoms with Gasteiger partial charge < -0.3 is 15.3 Å². The molecule has 2 fully saturated rings. The van der Waals surface area contributed by atoms with Gasteiger partial charge in [0.25, 0.3) is 5.91 Å². The minimum Gasteiger partial charge on any atom is -0.481 e. The van der Waals surface area contributed by atoms with Crippen LogP contribution in [0.2, 0.25) is 0 Å². The fraction of sp³-hybridized carbons (Fsp3) is 0.516. The van der Waals surface area contributed by atoms with Gasteiger partial charge in [0.1, 0.15) is 0 Å². The molecule has 222 valence electrons. The molecule has 0 atom stereocenters. The number of hydrogen-bond donors (Lipinski definition) is 2. The van der Waals surface area contributed by atoms with Gasteiger partial charge in [-0.05, 0) is 79.0 Å². The molecule has 2 aliphatic rings. The maximum atomic E-state index is 13.9. The van der Waals surface area contributed by atoms with Gasteiger partial charge in [-0.15, -0.1) is 0 Å². The van der Waals surface area contributed by atoms with Gasteiger partial charge in [0.2, 0.25) is 0 Å². The molecule has 0 bridgehead atoms. The zero-order valence-electron chi connectivity index (χ0n) is 23.8. The van der Waals surface area contributed by atoms with E-state index in [-0.39, 0.29) is 30.3 Å². The van der Waals surface area contributed by atoms with Crippen LogP contribution in [0.4, 0.5) is 23.7 Å².